The summed E-state index contributed by atoms with van der Waals surface area (Å²) in [4.78, 5) is 14.5. The van der Waals surface area contributed by atoms with E-state index in [9.17, 15) is 4.79 Å². The van der Waals surface area contributed by atoms with Crippen LogP contribution in [-0.2, 0) is 7.05 Å². The Morgan fingerprint density at radius 3 is 2.65 bits per heavy atom. The van der Waals surface area contributed by atoms with Crippen LogP contribution in [0.1, 0.15) is 26.7 Å². The number of benzene rings is 1. The quantitative estimate of drug-likeness (QED) is 0.914. The number of nitrogens with zero attached hydrogens (tertiary/aromatic N) is 2. The van der Waals surface area contributed by atoms with Crippen LogP contribution >= 0.6 is 0 Å². The Bertz CT molecular complexity index is 683. The molecule has 2 amide bonds. The number of amides is 2. The number of carbonyl (C=O) groups excluding carboxylic acids is 1. The molecular formula is C18H26N4O. The first-order chi connectivity index (χ1) is 11.0. The highest BCUT2D eigenvalue weighted by Crippen LogP contribution is 2.24. The number of aryl methyl sites for hydroxylation is 1. The van der Waals surface area contributed by atoms with Gasteiger partial charge in [-0.2, -0.15) is 0 Å². The topological polar surface area (TPSA) is 49.3 Å². The molecule has 1 aromatic carbocycles. The fraction of sp³-hybridized carbons (Fsp3) is 0.500. The third-order valence-corrected chi connectivity index (χ3v) is 4.49. The first-order valence-electron chi connectivity index (χ1n) is 8.40. The molecule has 1 saturated heterocycles. The zero-order chi connectivity index (χ0) is 16.4. The molecule has 5 heteroatoms. The monoisotopic (exact) mass is 314 g/mol. The summed E-state index contributed by atoms with van der Waals surface area (Å²) in [6.45, 7) is 5.94. The van der Waals surface area contributed by atoms with E-state index in [0.29, 0.717) is 12.1 Å². The van der Waals surface area contributed by atoms with E-state index in [-0.39, 0.29) is 6.03 Å². The van der Waals surface area contributed by atoms with Crippen LogP contribution in [0.5, 0.6) is 0 Å². The van der Waals surface area contributed by atoms with Gasteiger partial charge >= 0.3 is 6.03 Å². The Kier molecular flexibility index (Phi) is 4.57. The average molecular weight is 314 g/mol. The first-order valence-corrected chi connectivity index (χ1v) is 8.40. The third kappa shape index (κ3) is 3.50. The number of rotatable bonds is 3. The van der Waals surface area contributed by atoms with Crippen molar-refractivity contribution in [3.63, 3.8) is 0 Å². The molecule has 0 aliphatic carbocycles. The van der Waals surface area contributed by atoms with Crippen LogP contribution in [0.4, 0.5) is 10.5 Å². The van der Waals surface area contributed by atoms with Gasteiger partial charge in [0.2, 0.25) is 0 Å². The number of anilines is 1. The summed E-state index contributed by atoms with van der Waals surface area (Å²) in [5, 5.41) is 7.78. The van der Waals surface area contributed by atoms with Crippen molar-refractivity contribution in [3.05, 3.63) is 30.5 Å². The molecule has 1 aliphatic heterocycles. The van der Waals surface area contributed by atoms with Crippen LogP contribution in [-0.4, -0.2) is 40.7 Å². The zero-order valence-corrected chi connectivity index (χ0v) is 14.2. The molecule has 2 heterocycles. The van der Waals surface area contributed by atoms with E-state index in [1.807, 2.05) is 34.8 Å². The van der Waals surface area contributed by atoms with E-state index in [4.69, 9.17) is 0 Å². The van der Waals surface area contributed by atoms with E-state index < -0.39 is 0 Å². The van der Waals surface area contributed by atoms with Gasteiger partial charge in [0.1, 0.15) is 0 Å². The van der Waals surface area contributed by atoms with Crippen molar-refractivity contribution in [1.82, 2.24) is 14.8 Å². The van der Waals surface area contributed by atoms with Crippen molar-refractivity contribution in [2.24, 2.45) is 7.05 Å². The Morgan fingerprint density at radius 1 is 1.22 bits per heavy atom. The molecule has 0 atom stereocenters. The number of carbonyl (C=O) groups is 1. The molecule has 3 rings (SSSR count). The SMILES string of the molecule is CC(C)NC1CCN(C(=O)Nc2cccc3ccn(C)c23)CC1. The fourth-order valence-corrected chi connectivity index (χ4v) is 3.37. The van der Waals surface area contributed by atoms with E-state index in [1.165, 1.54) is 0 Å². The minimum Gasteiger partial charge on any atom is -0.349 e. The van der Waals surface area contributed by atoms with Gasteiger partial charge in [-0.05, 0) is 25.0 Å². The zero-order valence-electron chi connectivity index (χ0n) is 14.2. The summed E-state index contributed by atoms with van der Waals surface area (Å²) in [5.74, 6) is 0. The number of fused-ring (bicyclic) bond motifs is 1. The number of likely N-dealkylation sites (tertiary alicyclic amines) is 1. The highest BCUT2D eigenvalue weighted by atomic mass is 16.2. The molecule has 0 saturated carbocycles. The Labute approximate surface area is 137 Å². The molecule has 2 aromatic rings. The summed E-state index contributed by atoms with van der Waals surface area (Å²) in [7, 11) is 2.00. The number of piperidine rings is 1. The lowest BCUT2D eigenvalue weighted by Crippen LogP contribution is -2.47. The van der Waals surface area contributed by atoms with E-state index in [1.54, 1.807) is 0 Å². The molecule has 124 valence electrons. The summed E-state index contributed by atoms with van der Waals surface area (Å²) < 4.78 is 2.05. The minimum absolute atomic E-state index is 0.00157. The van der Waals surface area contributed by atoms with Gasteiger partial charge in [0, 0.05) is 43.8 Å². The normalized spacial score (nSPS) is 16.3. The maximum absolute atomic E-state index is 12.6. The Balaban J connectivity index is 1.64. The average Bonchev–Trinajstić information content (AvgIpc) is 2.90. The van der Waals surface area contributed by atoms with Gasteiger partial charge < -0.3 is 20.1 Å². The van der Waals surface area contributed by atoms with E-state index in [2.05, 4.69) is 36.6 Å². The molecule has 1 fully saturated rings. The van der Waals surface area contributed by atoms with Gasteiger partial charge in [0.05, 0.1) is 11.2 Å². The second-order valence-corrected chi connectivity index (χ2v) is 6.68. The summed E-state index contributed by atoms with van der Waals surface area (Å²) in [6, 6.07) is 9.10. The van der Waals surface area contributed by atoms with Crippen LogP contribution in [0.15, 0.2) is 30.5 Å². The van der Waals surface area contributed by atoms with E-state index in [0.717, 1.165) is 42.5 Å². The Morgan fingerprint density at radius 2 is 1.96 bits per heavy atom. The number of para-hydroxylation sites is 1. The molecule has 2 N–H and O–H groups in total. The number of aromatic nitrogens is 1. The molecule has 0 spiro atoms. The molecule has 5 nitrogen and oxygen atoms in total. The van der Waals surface area contributed by atoms with Crippen LogP contribution in [0, 0.1) is 0 Å². The van der Waals surface area contributed by atoms with Crippen molar-refractivity contribution < 1.29 is 4.79 Å². The molecule has 23 heavy (non-hydrogen) atoms. The molecule has 0 bridgehead atoms. The fourth-order valence-electron chi connectivity index (χ4n) is 3.37. The van der Waals surface area contributed by atoms with Gasteiger partial charge in [-0.15, -0.1) is 0 Å². The maximum Gasteiger partial charge on any atom is 0.321 e. The molecule has 1 aliphatic rings. The Hall–Kier alpha value is -2.01. The summed E-state index contributed by atoms with van der Waals surface area (Å²) in [6.07, 6.45) is 4.04. The van der Waals surface area contributed by atoms with Gasteiger partial charge in [-0.1, -0.05) is 26.0 Å². The van der Waals surface area contributed by atoms with Crippen molar-refractivity contribution in [2.45, 2.75) is 38.8 Å². The number of hydrogen-bond donors (Lipinski definition) is 2. The third-order valence-electron chi connectivity index (χ3n) is 4.49. The lowest BCUT2D eigenvalue weighted by molar-refractivity contribution is 0.187. The second-order valence-electron chi connectivity index (χ2n) is 6.68. The predicted molar refractivity (Wildman–Crippen MR) is 94.8 cm³/mol. The van der Waals surface area contributed by atoms with Crippen LogP contribution in [0.2, 0.25) is 0 Å². The molecular weight excluding hydrogens is 288 g/mol. The summed E-state index contributed by atoms with van der Waals surface area (Å²) in [5.41, 5.74) is 1.94. The van der Waals surface area contributed by atoms with Crippen LogP contribution in [0.25, 0.3) is 10.9 Å². The lowest BCUT2D eigenvalue weighted by Gasteiger charge is -2.33. The van der Waals surface area contributed by atoms with Crippen molar-refractivity contribution >= 4 is 22.6 Å². The predicted octanol–water partition coefficient (Wildman–Crippen LogP) is 3.17. The molecule has 0 unspecified atom stereocenters. The highest BCUT2D eigenvalue weighted by Gasteiger charge is 2.23. The number of hydrogen-bond acceptors (Lipinski definition) is 2. The van der Waals surface area contributed by atoms with Gasteiger partial charge in [0.25, 0.3) is 0 Å². The number of urea groups is 1. The minimum atomic E-state index is 0.00157. The van der Waals surface area contributed by atoms with Gasteiger partial charge in [-0.25, -0.2) is 4.79 Å². The standard InChI is InChI=1S/C18H26N4O/c1-13(2)19-15-8-11-22(12-9-15)18(23)20-16-6-4-5-14-7-10-21(3)17(14)16/h4-7,10,13,15,19H,8-9,11-12H2,1-3H3,(H,20,23). The van der Waals surface area contributed by atoms with Gasteiger partial charge in [0.15, 0.2) is 0 Å². The highest BCUT2D eigenvalue weighted by molar-refractivity contribution is 6.00. The summed E-state index contributed by atoms with van der Waals surface area (Å²) >= 11 is 0. The lowest BCUT2D eigenvalue weighted by atomic mass is 10.0. The second kappa shape index (κ2) is 6.62. The van der Waals surface area contributed by atoms with Gasteiger partial charge in [-0.3, -0.25) is 0 Å². The van der Waals surface area contributed by atoms with Crippen LogP contribution < -0.4 is 10.6 Å². The van der Waals surface area contributed by atoms with Crippen molar-refractivity contribution in [3.8, 4) is 0 Å². The van der Waals surface area contributed by atoms with Crippen molar-refractivity contribution in [2.75, 3.05) is 18.4 Å². The number of nitrogens with one attached hydrogen (secondary N) is 2. The largest absolute Gasteiger partial charge is 0.349 e. The van der Waals surface area contributed by atoms with Crippen molar-refractivity contribution in [1.29, 1.82) is 0 Å². The maximum atomic E-state index is 12.6. The first kappa shape index (κ1) is 15.9. The van der Waals surface area contributed by atoms with Crippen LogP contribution in [0.3, 0.4) is 0 Å². The smallest absolute Gasteiger partial charge is 0.321 e. The van der Waals surface area contributed by atoms with E-state index >= 15 is 0 Å². The molecule has 0 radical (unpaired) electrons. The molecule has 1 aromatic heterocycles.